The van der Waals surface area contributed by atoms with Crippen LogP contribution in [0.1, 0.15) is 25.3 Å². The zero-order chi connectivity index (χ0) is 13.9. The van der Waals surface area contributed by atoms with E-state index in [-0.39, 0.29) is 0 Å². The molecule has 1 aliphatic rings. The topological polar surface area (TPSA) is 41.0 Å². The van der Waals surface area contributed by atoms with Gasteiger partial charge in [-0.05, 0) is 49.7 Å². The Morgan fingerprint density at radius 1 is 1.35 bits per heavy atom. The lowest BCUT2D eigenvalue weighted by molar-refractivity contribution is 0.294. The van der Waals surface area contributed by atoms with E-state index in [0.29, 0.717) is 5.92 Å². The molecular weight excluding hydrogens is 268 g/mol. The fourth-order valence-electron chi connectivity index (χ4n) is 2.84. The van der Waals surface area contributed by atoms with Crippen LogP contribution in [-0.4, -0.2) is 41.0 Å². The summed E-state index contributed by atoms with van der Waals surface area (Å²) in [6.45, 7) is 9.11. The van der Waals surface area contributed by atoms with Gasteiger partial charge >= 0.3 is 0 Å². The van der Waals surface area contributed by atoms with Crippen molar-refractivity contribution in [3.8, 4) is 0 Å². The number of nitrogens with one attached hydrogen (secondary N) is 1. The highest BCUT2D eigenvalue weighted by molar-refractivity contribution is 7.18. The van der Waals surface area contributed by atoms with Gasteiger partial charge in [0.05, 0.1) is 10.2 Å². The molecule has 0 bridgehead atoms. The molecule has 0 aliphatic carbocycles. The van der Waals surface area contributed by atoms with Gasteiger partial charge in [-0.1, -0.05) is 6.92 Å². The van der Waals surface area contributed by atoms with Crippen molar-refractivity contribution in [1.82, 2.24) is 14.9 Å². The second-order valence-corrected chi connectivity index (χ2v) is 6.69. The first-order valence-corrected chi connectivity index (χ1v) is 8.27. The normalized spacial score (nSPS) is 17.7. The maximum absolute atomic E-state index is 4.40. The van der Waals surface area contributed by atoms with Gasteiger partial charge in [0.2, 0.25) is 0 Å². The molecule has 0 spiro atoms. The lowest BCUT2D eigenvalue weighted by Crippen LogP contribution is -2.29. The smallest absolute Gasteiger partial charge is 0.147 e. The van der Waals surface area contributed by atoms with E-state index in [1.165, 1.54) is 42.7 Å². The Morgan fingerprint density at radius 3 is 2.95 bits per heavy atom. The molecular formula is C15H22N4S. The fraction of sp³-hybridized carbons (Fsp3) is 0.600. The van der Waals surface area contributed by atoms with E-state index in [9.17, 15) is 0 Å². The number of likely N-dealkylation sites (tertiary alicyclic amines) is 1. The molecule has 1 aliphatic heterocycles. The molecule has 1 fully saturated rings. The number of fused-ring (bicyclic) bond motifs is 1. The Bertz CT molecular complexity index is 574. The van der Waals surface area contributed by atoms with Crippen molar-refractivity contribution in [2.45, 2.75) is 26.7 Å². The average Bonchev–Trinajstić information content (AvgIpc) is 3.07. The summed E-state index contributed by atoms with van der Waals surface area (Å²) in [6, 6.07) is 0. The van der Waals surface area contributed by atoms with Crippen molar-refractivity contribution in [2.24, 2.45) is 5.92 Å². The van der Waals surface area contributed by atoms with Gasteiger partial charge in [-0.3, -0.25) is 0 Å². The van der Waals surface area contributed by atoms with Crippen LogP contribution in [0.5, 0.6) is 0 Å². The molecule has 3 rings (SSSR count). The summed E-state index contributed by atoms with van der Waals surface area (Å²) in [6.07, 6.45) is 4.39. The number of aromatic nitrogens is 2. The largest absolute Gasteiger partial charge is 0.368 e. The van der Waals surface area contributed by atoms with Crippen LogP contribution in [0.2, 0.25) is 0 Å². The zero-order valence-electron chi connectivity index (χ0n) is 12.2. The molecule has 0 aromatic carbocycles. The van der Waals surface area contributed by atoms with Gasteiger partial charge in [-0.2, -0.15) is 0 Å². The predicted molar refractivity (Wildman–Crippen MR) is 85.5 cm³/mol. The van der Waals surface area contributed by atoms with Crippen LogP contribution < -0.4 is 5.32 Å². The van der Waals surface area contributed by atoms with Crippen LogP contribution in [0.25, 0.3) is 10.2 Å². The summed E-state index contributed by atoms with van der Waals surface area (Å²) in [5, 5.41) is 5.66. The van der Waals surface area contributed by atoms with Crippen LogP contribution in [0.4, 0.5) is 5.82 Å². The first-order chi connectivity index (χ1) is 9.74. The molecule has 0 radical (unpaired) electrons. The lowest BCUT2D eigenvalue weighted by atomic mass is 10.1. The summed E-state index contributed by atoms with van der Waals surface area (Å²) >= 11 is 1.73. The van der Waals surface area contributed by atoms with Gasteiger partial charge in [0.25, 0.3) is 0 Å². The monoisotopic (exact) mass is 290 g/mol. The third kappa shape index (κ3) is 2.94. The summed E-state index contributed by atoms with van der Waals surface area (Å²) < 4.78 is 1.18. The van der Waals surface area contributed by atoms with E-state index < -0.39 is 0 Å². The standard InChI is InChI=1S/C15H22N4S/c1-11(8-19-5-3-4-6-19)7-16-15-14-13(17-10-18-15)12(2)9-20-14/h9-11H,3-8H2,1-2H3,(H,16,17,18). The van der Waals surface area contributed by atoms with Crippen LogP contribution in [-0.2, 0) is 0 Å². The first-order valence-electron chi connectivity index (χ1n) is 7.39. The number of nitrogens with zero attached hydrogens (tertiary/aromatic N) is 3. The Hall–Kier alpha value is -1.20. The van der Waals surface area contributed by atoms with Gasteiger partial charge in [-0.25, -0.2) is 9.97 Å². The first kappa shape index (κ1) is 13.8. The average molecular weight is 290 g/mol. The molecule has 108 valence electrons. The summed E-state index contributed by atoms with van der Waals surface area (Å²) in [7, 11) is 0. The van der Waals surface area contributed by atoms with Crippen molar-refractivity contribution >= 4 is 27.4 Å². The van der Waals surface area contributed by atoms with Crippen LogP contribution in [0, 0.1) is 12.8 Å². The van der Waals surface area contributed by atoms with E-state index >= 15 is 0 Å². The fourth-order valence-corrected chi connectivity index (χ4v) is 3.80. The molecule has 1 N–H and O–H groups in total. The molecule has 1 unspecified atom stereocenters. The highest BCUT2D eigenvalue weighted by Gasteiger charge is 2.15. The minimum atomic E-state index is 0.638. The van der Waals surface area contributed by atoms with Gasteiger partial charge in [-0.15, -0.1) is 11.3 Å². The number of hydrogen-bond donors (Lipinski definition) is 1. The molecule has 3 heterocycles. The van der Waals surface area contributed by atoms with Gasteiger partial charge in [0, 0.05) is 13.1 Å². The van der Waals surface area contributed by atoms with E-state index in [1.807, 2.05) is 0 Å². The Balaban J connectivity index is 1.61. The van der Waals surface area contributed by atoms with Crippen molar-refractivity contribution in [3.05, 3.63) is 17.3 Å². The summed E-state index contributed by atoms with van der Waals surface area (Å²) in [5.74, 6) is 1.63. The maximum atomic E-state index is 4.40. The van der Waals surface area contributed by atoms with Crippen molar-refractivity contribution in [2.75, 3.05) is 31.5 Å². The Kier molecular flexibility index (Phi) is 4.17. The summed E-state index contributed by atoms with van der Waals surface area (Å²) in [4.78, 5) is 11.3. The van der Waals surface area contributed by atoms with E-state index in [2.05, 4.69) is 39.4 Å². The molecule has 4 nitrogen and oxygen atoms in total. The number of aryl methyl sites for hydroxylation is 1. The molecule has 2 aromatic heterocycles. The SMILES string of the molecule is Cc1csc2c(NCC(C)CN3CCCC3)ncnc12. The molecule has 0 amide bonds. The third-order valence-corrected chi connectivity index (χ3v) is 5.01. The van der Waals surface area contributed by atoms with Crippen LogP contribution >= 0.6 is 11.3 Å². The molecule has 1 atom stereocenters. The van der Waals surface area contributed by atoms with Crippen LogP contribution in [0.15, 0.2) is 11.7 Å². The quantitative estimate of drug-likeness (QED) is 0.918. The summed E-state index contributed by atoms with van der Waals surface area (Å²) in [5.41, 5.74) is 2.32. The minimum absolute atomic E-state index is 0.638. The molecule has 5 heteroatoms. The van der Waals surface area contributed by atoms with E-state index in [1.54, 1.807) is 17.7 Å². The van der Waals surface area contributed by atoms with Gasteiger partial charge < -0.3 is 10.2 Å². The van der Waals surface area contributed by atoms with Crippen molar-refractivity contribution < 1.29 is 0 Å². The molecule has 2 aromatic rings. The maximum Gasteiger partial charge on any atom is 0.147 e. The predicted octanol–water partition coefficient (Wildman–Crippen LogP) is 3.14. The Labute approximate surface area is 124 Å². The van der Waals surface area contributed by atoms with E-state index in [4.69, 9.17) is 0 Å². The van der Waals surface area contributed by atoms with E-state index in [0.717, 1.165) is 17.9 Å². The van der Waals surface area contributed by atoms with Crippen molar-refractivity contribution in [3.63, 3.8) is 0 Å². The molecule has 1 saturated heterocycles. The molecule has 0 saturated carbocycles. The minimum Gasteiger partial charge on any atom is -0.368 e. The number of anilines is 1. The second-order valence-electron chi connectivity index (χ2n) is 5.81. The van der Waals surface area contributed by atoms with Crippen LogP contribution in [0.3, 0.4) is 0 Å². The van der Waals surface area contributed by atoms with Gasteiger partial charge in [0.15, 0.2) is 0 Å². The Morgan fingerprint density at radius 2 is 2.15 bits per heavy atom. The van der Waals surface area contributed by atoms with Crippen molar-refractivity contribution in [1.29, 1.82) is 0 Å². The zero-order valence-corrected chi connectivity index (χ0v) is 13.0. The highest BCUT2D eigenvalue weighted by Crippen LogP contribution is 2.28. The number of thiophene rings is 1. The van der Waals surface area contributed by atoms with Gasteiger partial charge in [0.1, 0.15) is 12.1 Å². The highest BCUT2D eigenvalue weighted by atomic mass is 32.1. The second kappa shape index (κ2) is 6.06. The lowest BCUT2D eigenvalue weighted by Gasteiger charge is -2.20. The third-order valence-electron chi connectivity index (χ3n) is 3.92. The molecule has 20 heavy (non-hydrogen) atoms. The number of rotatable bonds is 5. The number of hydrogen-bond acceptors (Lipinski definition) is 5.